The molecule has 12 heavy (non-hydrogen) atoms. The molecule has 0 aliphatic carbocycles. The van der Waals surface area contributed by atoms with Crippen LogP contribution in [0.15, 0.2) is 9.98 Å². The number of piperidine rings is 1. The van der Waals surface area contributed by atoms with E-state index in [1.54, 1.807) is 0 Å². The number of fused-ring (bicyclic) bond motifs is 1. The highest BCUT2D eigenvalue weighted by Gasteiger charge is 2.27. The second kappa shape index (κ2) is 3.78. The van der Waals surface area contributed by atoms with Gasteiger partial charge in [0.25, 0.3) is 5.91 Å². The van der Waals surface area contributed by atoms with Crippen molar-refractivity contribution in [2.75, 3.05) is 13.1 Å². The first kappa shape index (κ1) is 9.35. The molecule has 0 radical (unpaired) electrons. The predicted molar refractivity (Wildman–Crippen MR) is 49.2 cm³/mol. The lowest BCUT2D eigenvalue weighted by Crippen LogP contribution is -2.42. The average molecular weight is 188 g/mol. The molecule has 2 aliphatic rings. The minimum absolute atomic E-state index is 0. The van der Waals surface area contributed by atoms with Crippen molar-refractivity contribution in [2.24, 2.45) is 15.9 Å². The van der Waals surface area contributed by atoms with E-state index >= 15 is 0 Å². The van der Waals surface area contributed by atoms with E-state index in [2.05, 4.69) is 15.3 Å². The van der Waals surface area contributed by atoms with Crippen molar-refractivity contribution < 1.29 is 4.79 Å². The molecule has 1 atom stereocenters. The zero-order chi connectivity index (χ0) is 7.68. The van der Waals surface area contributed by atoms with E-state index in [0.717, 1.165) is 18.7 Å². The second-order valence-corrected chi connectivity index (χ2v) is 2.71. The molecule has 2 heterocycles. The first-order valence-corrected chi connectivity index (χ1v) is 3.71. The number of hydrogen-bond acceptors (Lipinski definition) is 3. The molecule has 4 nitrogen and oxygen atoms in total. The van der Waals surface area contributed by atoms with E-state index in [1.165, 1.54) is 6.34 Å². The number of aliphatic imine (C=N–C) groups is 2. The molecule has 1 fully saturated rings. The topological polar surface area (TPSA) is 53.8 Å². The van der Waals surface area contributed by atoms with Crippen LogP contribution in [0.3, 0.4) is 0 Å². The van der Waals surface area contributed by atoms with Crippen LogP contribution < -0.4 is 5.32 Å². The fraction of sp³-hybridized carbons (Fsp3) is 0.571. The number of nitrogens with zero attached hydrogens (tertiary/aromatic N) is 2. The Morgan fingerprint density at radius 1 is 1.58 bits per heavy atom. The first-order valence-electron chi connectivity index (χ1n) is 3.71. The number of rotatable bonds is 0. The van der Waals surface area contributed by atoms with Crippen LogP contribution >= 0.6 is 12.4 Å². The maximum atomic E-state index is 11.1. The average Bonchev–Trinajstić information content (AvgIpc) is 2.06. The smallest absolute Gasteiger partial charge is 0.257 e. The lowest BCUT2D eigenvalue weighted by molar-refractivity contribution is -0.119. The van der Waals surface area contributed by atoms with Crippen LogP contribution in [0.25, 0.3) is 0 Å². The molecule has 1 saturated heterocycles. The van der Waals surface area contributed by atoms with E-state index < -0.39 is 0 Å². The van der Waals surface area contributed by atoms with Crippen LogP contribution in [0.4, 0.5) is 0 Å². The Hall–Kier alpha value is -0.740. The fourth-order valence-electron chi connectivity index (χ4n) is 1.39. The summed E-state index contributed by atoms with van der Waals surface area (Å²) in [5.41, 5.74) is 0.990. The summed E-state index contributed by atoms with van der Waals surface area (Å²) < 4.78 is 0. The number of hydrogen-bond donors (Lipinski definition) is 1. The highest BCUT2D eigenvalue weighted by atomic mass is 35.5. The van der Waals surface area contributed by atoms with Crippen molar-refractivity contribution >= 4 is 30.4 Å². The van der Waals surface area contributed by atoms with Crippen LogP contribution in [0, 0.1) is 5.92 Å². The van der Waals surface area contributed by atoms with Gasteiger partial charge in [0.2, 0.25) is 0 Å². The van der Waals surface area contributed by atoms with Gasteiger partial charge in [-0.15, -0.1) is 12.4 Å². The normalized spacial score (nSPS) is 27.2. The van der Waals surface area contributed by atoms with E-state index in [1.807, 2.05) is 0 Å². The summed E-state index contributed by atoms with van der Waals surface area (Å²) in [6.07, 6.45) is 2.24. The predicted octanol–water partition coefficient (Wildman–Crippen LogP) is 0.0272. The van der Waals surface area contributed by atoms with Crippen molar-refractivity contribution in [3.05, 3.63) is 0 Å². The minimum atomic E-state index is -0.0752. The second-order valence-electron chi connectivity index (χ2n) is 2.71. The Kier molecular flexibility index (Phi) is 2.94. The van der Waals surface area contributed by atoms with Gasteiger partial charge in [-0.1, -0.05) is 0 Å². The zero-order valence-corrected chi connectivity index (χ0v) is 7.30. The third-order valence-electron chi connectivity index (χ3n) is 2.02. The summed E-state index contributed by atoms with van der Waals surface area (Å²) in [6, 6.07) is 0. The van der Waals surface area contributed by atoms with Crippen molar-refractivity contribution in [1.29, 1.82) is 0 Å². The van der Waals surface area contributed by atoms with E-state index in [4.69, 9.17) is 0 Å². The summed E-state index contributed by atoms with van der Waals surface area (Å²) >= 11 is 0. The van der Waals surface area contributed by atoms with Gasteiger partial charge in [0.1, 0.15) is 6.34 Å². The third kappa shape index (κ3) is 1.54. The Morgan fingerprint density at radius 2 is 2.42 bits per heavy atom. The SMILES string of the molecule is Cl.O=C1N=CN=C2CCNCC12. The van der Waals surface area contributed by atoms with Gasteiger partial charge in [0, 0.05) is 18.8 Å². The molecule has 0 aromatic carbocycles. The molecule has 5 heteroatoms. The molecule has 66 valence electrons. The van der Waals surface area contributed by atoms with Gasteiger partial charge in [-0.2, -0.15) is 0 Å². The van der Waals surface area contributed by atoms with Gasteiger partial charge in [-0.3, -0.25) is 4.79 Å². The standard InChI is InChI=1S/C7H9N3O.ClH/c11-7-5-3-8-2-1-6(5)9-4-10-7;/h4-5,8H,1-3H2;1H. The molecule has 0 bridgehead atoms. The van der Waals surface area contributed by atoms with E-state index in [0.29, 0.717) is 6.54 Å². The van der Waals surface area contributed by atoms with Crippen LogP contribution in [0.2, 0.25) is 0 Å². The molecule has 1 N–H and O–H groups in total. The maximum Gasteiger partial charge on any atom is 0.257 e. The monoisotopic (exact) mass is 187 g/mol. The quantitative estimate of drug-likeness (QED) is 0.582. The summed E-state index contributed by atoms with van der Waals surface area (Å²) in [5.74, 6) is -0.129. The van der Waals surface area contributed by atoms with Gasteiger partial charge in [-0.05, 0) is 6.42 Å². The van der Waals surface area contributed by atoms with Gasteiger partial charge in [0.05, 0.1) is 5.92 Å². The molecule has 1 amide bonds. The molecule has 0 spiro atoms. The lowest BCUT2D eigenvalue weighted by atomic mass is 9.96. The molecular formula is C7H10ClN3O. The zero-order valence-electron chi connectivity index (χ0n) is 6.49. The highest BCUT2D eigenvalue weighted by Crippen LogP contribution is 2.12. The van der Waals surface area contributed by atoms with Crippen molar-refractivity contribution in [1.82, 2.24) is 5.32 Å². The first-order chi connectivity index (χ1) is 5.38. The summed E-state index contributed by atoms with van der Waals surface area (Å²) in [7, 11) is 0. The van der Waals surface area contributed by atoms with Gasteiger partial charge in [0.15, 0.2) is 0 Å². The van der Waals surface area contributed by atoms with E-state index in [-0.39, 0.29) is 24.2 Å². The summed E-state index contributed by atoms with van der Waals surface area (Å²) in [5, 5.41) is 3.14. The molecule has 0 saturated carbocycles. The number of amides is 1. The van der Waals surface area contributed by atoms with Crippen molar-refractivity contribution in [3.8, 4) is 0 Å². The largest absolute Gasteiger partial charge is 0.315 e. The van der Waals surface area contributed by atoms with Gasteiger partial charge >= 0.3 is 0 Å². The summed E-state index contributed by atoms with van der Waals surface area (Å²) in [6.45, 7) is 1.63. The number of carbonyl (C=O) groups excluding carboxylic acids is 1. The van der Waals surface area contributed by atoms with Crippen molar-refractivity contribution in [3.63, 3.8) is 0 Å². The fourth-order valence-corrected chi connectivity index (χ4v) is 1.39. The molecule has 0 aromatic heterocycles. The number of halogens is 1. The molecule has 1 unspecified atom stereocenters. The van der Waals surface area contributed by atoms with Crippen LogP contribution in [-0.2, 0) is 4.79 Å². The number of nitrogens with one attached hydrogen (secondary N) is 1. The maximum absolute atomic E-state index is 11.1. The molecule has 2 rings (SSSR count). The third-order valence-corrected chi connectivity index (χ3v) is 2.02. The van der Waals surface area contributed by atoms with Crippen molar-refractivity contribution in [2.45, 2.75) is 6.42 Å². The van der Waals surface area contributed by atoms with Crippen LogP contribution in [-0.4, -0.2) is 31.0 Å². The van der Waals surface area contributed by atoms with Crippen LogP contribution in [0.5, 0.6) is 0 Å². The molecule has 2 aliphatic heterocycles. The molecular weight excluding hydrogens is 178 g/mol. The highest BCUT2D eigenvalue weighted by molar-refractivity contribution is 6.12. The Labute approximate surface area is 76.6 Å². The van der Waals surface area contributed by atoms with Crippen LogP contribution in [0.1, 0.15) is 6.42 Å². The lowest BCUT2D eigenvalue weighted by Gasteiger charge is -2.23. The Bertz CT molecular complexity index is 249. The summed E-state index contributed by atoms with van der Waals surface area (Å²) in [4.78, 5) is 18.8. The Balaban J connectivity index is 0.000000720. The molecule has 0 aromatic rings. The van der Waals surface area contributed by atoms with Gasteiger partial charge < -0.3 is 5.32 Å². The van der Waals surface area contributed by atoms with E-state index in [9.17, 15) is 4.79 Å². The Morgan fingerprint density at radius 3 is 3.17 bits per heavy atom. The van der Waals surface area contributed by atoms with Gasteiger partial charge in [-0.25, -0.2) is 9.98 Å². The number of carbonyl (C=O) groups is 1. The minimum Gasteiger partial charge on any atom is -0.315 e.